The molecular weight excluding hydrogens is 524 g/mol. The van der Waals surface area contributed by atoms with Crippen molar-refractivity contribution in [1.29, 1.82) is 0 Å². The largest absolute Gasteiger partial charge is 0.496 e. The second-order valence-electron chi connectivity index (χ2n) is 9.37. The highest BCUT2D eigenvalue weighted by atomic mass is 32.1. The van der Waals surface area contributed by atoms with Gasteiger partial charge in [-0.05, 0) is 48.6 Å². The summed E-state index contributed by atoms with van der Waals surface area (Å²) >= 11 is 0.854. The molecule has 1 amide bonds. The number of anilines is 1. The maximum atomic E-state index is 14.3. The van der Waals surface area contributed by atoms with E-state index in [2.05, 4.69) is 5.32 Å². The molecule has 1 heterocycles. The standard InChI is InChI=1S/C30H25F2NO5S/c1-17(21-5-3-4-6-23(21)31)38-29(36)33-24-16-26(32)39-27(24)19-9-12-22(25(15-19)37-2)18-7-10-20(11-8-18)30(13-14-30)28(34)35/h3-12,15-17H,13-14H2,1-2H3,(H,33,36)(H,34,35)/t17-/m1/s1. The van der Waals surface area contributed by atoms with Crippen molar-refractivity contribution < 1.29 is 33.0 Å². The predicted molar refractivity (Wildman–Crippen MR) is 145 cm³/mol. The zero-order chi connectivity index (χ0) is 27.7. The molecule has 1 fully saturated rings. The van der Waals surface area contributed by atoms with Crippen molar-refractivity contribution in [2.45, 2.75) is 31.3 Å². The first-order valence-corrected chi connectivity index (χ1v) is 13.1. The second-order valence-corrected chi connectivity index (χ2v) is 10.4. The van der Waals surface area contributed by atoms with E-state index in [1.807, 2.05) is 30.3 Å². The zero-order valence-corrected chi connectivity index (χ0v) is 22.0. The highest BCUT2D eigenvalue weighted by molar-refractivity contribution is 7.14. The first-order valence-electron chi connectivity index (χ1n) is 12.3. The van der Waals surface area contributed by atoms with Crippen LogP contribution in [-0.4, -0.2) is 24.3 Å². The molecule has 0 spiro atoms. The SMILES string of the molecule is COc1cc(-c2sc(F)cc2NC(=O)O[C@H](C)c2ccccc2F)ccc1-c1ccc(C2(C(=O)O)CC2)cc1. The number of carbonyl (C=O) groups is 2. The predicted octanol–water partition coefficient (Wildman–Crippen LogP) is 7.79. The van der Waals surface area contributed by atoms with Gasteiger partial charge in [0.2, 0.25) is 0 Å². The van der Waals surface area contributed by atoms with Crippen LogP contribution in [0.3, 0.4) is 0 Å². The molecule has 1 aromatic heterocycles. The normalized spacial score (nSPS) is 14.4. The average molecular weight is 550 g/mol. The number of amides is 1. The summed E-state index contributed by atoms with van der Waals surface area (Å²) in [7, 11) is 1.52. The topological polar surface area (TPSA) is 84.9 Å². The van der Waals surface area contributed by atoms with Gasteiger partial charge >= 0.3 is 12.1 Å². The van der Waals surface area contributed by atoms with E-state index in [9.17, 15) is 23.5 Å². The summed E-state index contributed by atoms with van der Waals surface area (Å²) in [4.78, 5) is 24.7. The number of aliphatic carboxylic acids is 1. The number of carboxylic acids is 1. The number of methoxy groups -OCH3 is 1. The van der Waals surface area contributed by atoms with E-state index in [-0.39, 0.29) is 11.3 Å². The van der Waals surface area contributed by atoms with Crippen LogP contribution in [-0.2, 0) is 14.9 Å². The van der Waals surface area contributed by atoms with E-state index < -0.39 is 34.5 Å². The van der Waals surface area contributed by atoms with Crippen LogP contribution in [0.4, 0.5) is 19.3 Å². The fourth-order valence-electron chi connectivity index (χ4n) is 4.63. The number of nitrogens with one attached hydrogen (secondary N) is 1. The molecule has 1 saturated carbocycles. The number of carbonyl (C=O) groups excluding carboxylic acids is 1. The van der Waals surface area contributed by atoms with Gasteiger partial charge in [0.05, 0.1) is 23.1 Å². The van der Waals surface area contributed by atoms with Crippen molar-refractivity contribution in [2.75, 3.05) is 12.4 Å². The molecule has 9 heteroatoms. The molecule has 0 saturated heterocycles. The number of halogens is 2. The number of hydrogen-bond donors (Lipinski definition) is 2. The summed E-state index contributed by atoms with van der Waals surface area (Å²) in [6.07, 6.45) is -0.441. The molecule has 0 unspecified atom stereocenters. The number of thiophene rings is 1. The van der Waals surface area contributed by atoms with Gasteiger partial charge in [0.15, 0.2) is 5.13 Å². The highest BCUT2D eigenvalue weighted by Gasteiger charge is 2.51. The molecule has 200 valence electrons. The highest BCUT2D eigenvalue weighted by Crippen LogP contribution is 2.49. The van der Waals surface area contributed by atoms with Crippen LogP contribution in [0.1, 0.15) is 37.0 Å². The number of carboxylic acid groups (broad SMARTS) is 1. The lowest BCUT2D eigenvalue weighted by Gasteiger charge is -2.16. The number of hydrogen-bond acceptors (Lipinski definition) is 5. The van der Waals surface area contributed by atoms with Crippen molar-refractivity contribution >= 4 is 29.1 Å². The molecule has 1 atom stereocenters. The lowest BCUT2D eigenvalue weighted by molar-refractivity contribution is -0.140. The Labute approximate surface area is 227 Å². The van der Waals surface area contributed by atoms with Crippen molar-refractivity contribution in [3.63, 3.8) is 0 Å². The summed E-state index contributed by atoms with van der Waals surface area (Å²) in [6.45, 7) is 1.55. The van der Waals surface area contributed by atoms with Crippen molar-refractivity contribution in [2.24, 2.45) is 0 Å². The van der Waals surface area contributed by atoms with Gasteiger partial charge in [0.25, 0.3) is 0 Å². The van der Waals surface area contributed by atoms with Gasteiger partial charge in [0, 0.05) is 17.2 Å². The molecular formula is C30H25F2NO5S. The molecule has 39 heavy (non-hydrogen) atoms. The Hall–Kier alpha value is -4.24. The van der Waals surface area contributed by atoms with Gasteiger partial charge in [-0.3, -0.25) is 10.1 Å². The molecule has 0 bridgehead atoms. The summed E-state index contributed by atoms with van der Waals surface area (Å²) < 4.78 is 39.3. The molecule has 2 N–H and O–H groups in total. The third-order valence-electron chi connectivity index (χ3n) is 6.94. The number of benzene rings is 3. The number of ether oxygens (including phenoxy) is 2. The summed E-state index contributed by atoms with van der Waals surface area (Å²) in [5.41, 5.74) is 2.66. The zero-order valence-electron chi connectivity index (χ0n) is 21.2. The van der Waals surface area contributed by atoms with E-state index in [0.29, 0.717) is 29.0 Å². The Bertz CT molecular complexity index is 1550. The lowest BCUT2D eigenvalue weighted by Crippen LogP contribution is -2.19. The Balaban J connectivity index is 1.37. The fourth-order valence-corrected chi connectivity index (χ4v) is 5.46. The molecule has 3 aromatic carbocycles. The smallest absolute Gasteiger partial charge is 0.412 e. The first kappa shape index (κ1) is 26.4. The Kier molecular flexibility index (Phi) is 7.10. The summed E-state index contributed by atoms with van der Waals surface area (Å²) in [6, 6.07) is 19.9. The van der Waals surface area contributed by atoms with E-state index in [1.54, 1.807) is 31.2 Å². The Morgan fingerprint density at radius 3 is 2.33 bits per heavy atom. The second kappa shape index (κ2) is 10.5. The van der Waals surface area contributed by atoms with E-state index in [0.717, 1.165) is 28.0 Å². The maximum absolute atomic E-state index is 14.3. The Morgan fingerprint density at radius 2 is 1.69 bits per heavy atom. The molecule has 1 aliphatic carbocycles. The quantitative estimate of drug-likeness (QED) is 0.234. The average Bonchev–Trinajstić information content (AvgIpc) is 3.66. The van der Waals surface area contributed by atoms with Crippen LogP contribution in [0.15, 0.2) is 72.8 Å². The van der Waals surface area contributed by atoms with Gasteiger partial charge in [0.1, 0.15) is 17.7 Å². The monoisotopic (exact) mass is 549 g/mol. The third kappa shape index (κ3) is 5.22. The minimum absolute atomic E-state index is 0.214. The minimum atomic E-state index is -0.853. The van der Waals surface area contributed by atoms with Crippen LogP contribution in [0.2, 0.25) is 0 Å². The van der Waals surface area contributed by atoms with Gasteiger partial charge in [-0.25, -0.2) is 9.18 Å². The van der Waals surface area contributed by atoms with Gasteiger partial charge in [-0.15, -0.1) is 11.3 Å². The van der Waals surface area contributed by atoms with E-state index >= 15 is 0 Å². The van der Waals surface area contributed by atoms with Gasteiger partial charge in [-0.2, -0.15) is 4.39 Å². The molecule has 1 aliphatic rings. The van der Waals surface area contributed by atoms with Crippen molar-refractivity contribution in [3.8, 4) is 27.3 Å². The molecule has 6 nitrogen and oxygen atoms in total. The lowest BCUT2D eigenvalue weighted by atomic mass is 9.93. The van der Waals surface area contributed by atoms with E-state index in [1.165, 1.54) is 25.3 Å². The van der Waals surface area contributed by atoms with Gasteiger partial charge < -0.3 is 14.6 Å². The van der Waals surface area contributed by atoms with Crippen molar-refractivity contribution in [1.82, 2.24) is 0 Å². The summed E-state index contributed by atoms with van der Waals surface area (Å²) in [5, 5.41) is 11.6. The van der Waals surface area contributed by atoms with Crippen LogP contribution < -0.4 is 10.1 Å². The van der Waals surface area contributed by atoms with Crippen molar-refractivity contribution in [3.05, 3.63) is 94.9 Å². The molecule has 5 rings (SSSR count). The van der Waals surface area contributed by atoms with Crippen LogP contribution >= 0.6 is 11.3 Å². The van der Waals surface area contributed by atoms with Gasteiger partial charge in [-0.1, -0.05) is 54.6 Å². The third-order valence-corrected chi connectivity index (χ3v) is 7.91. The van der Waals surface area contributed by atoms with Crippen LogP contribution in [0.5, 0.6) is 5.75 Å². The molecule has 0 radical (unpaired) electrons. The molecule has 4 aromatic rings. The van der Waals surface area contributed by atoms with Crippen LogP contribution in [0, 0.1) is 10.9 Å². The minimum Gasteiger partial charge on any atom is -0.496 e. The number of rotatable bonds is 8. The van der Waals surface area contributed by atoms with Crippen LogP contribution in [0.25, 0.3) is 21.6 Å². The molecule has 0 aliphatic heterocycles. The van der Waals surface area contributed by atoms with E-state index in [4.69, 9.17) is 9.47 Å². The maximum Gasteiger partial charge on any atom is 0.412 e. The fraction of sp³-hybridized carbons (Fsp3) is 0.200. The first-order chi connectivity index (χ1) is 18.7. The Morgan fingerprint density at radius 1 is 1.00 bits per heavy atom. The summed E-state index contributed by atoms with van der Waals surface area (Å²) in [5.74, 6) is -0.777.